The minimum atomic E-state index is -0.250. The van der Waals surface area contributed by atoms with Gasteiger partial charge in [0.25, 0.3) is 5.91 Å². The van der Waals surface area contributed by atoms with E-state index in [0.717, 1.165) is 5.56 Å². The summed E-state index contributed by atoms with van der Waals surface area (Å²) < 4.78 is 5.39. The number of nitrogens with two attached hydrogens (primary N) is 1. The van der Waals surface area contributed by atoms with E-state index in [-0.39, 0.29) is 25.0 Å². The molecule has 0 bridgehead atoms. The Hall–Kier alpha value is -2.15. The fourth-order valence-electron chi connectivity index (χ4n) is 1.58. The lowest BCUT2D eigenvalue weighted by atomic mass is 10.2. The molecule has 0 heterocycles. The number of nitrogens with zero attached hydrogens (tertiary/aromatic N) is 1. The molecule has 0 atom stereocenters. The number of ether oxygens (including phenoxy) is 1. The van der Waals surface area contributed by atoms with Gasteiger partial charge in [0.15, 0.2) is 6.61 Å². The molecule has 21 heavy (non-hydrogen) atoms. The van der Waals surface area contributed by atoms with Crippen LogP contribution in [0.1, 0.15) is 12.5 Å². The summed E-state index contributed by atoms with van der Waals surface area (Å²) in [7, 11) is 1.53. The van der Waals surface area contributed by atoms with E-state index in [0.29, 0.717) is 17.3 Å². The second-order valence-corrected chi connectivity index (χ2v) is 4.70. The van der Waals surface area contributed by atoms with Gasteiger partial charge < -0.3 is 20.7 Å². The monoisotopic (exact) mass is 309 g/mol. The predicted molar refractivity (Wildman–Crippen MR) is 84.1 cm³/mol. The number of likely N-dealkylation sites (N-methyl/N-ethyl adjacent to an activating group) is 2. The molecule has 1 aromatic rings. The van der Waals surface area contributed by atoms with Crippen LogP contribution < -0.4 is 15.8 Å². The van der Waals surface area contributed by atoms with Gasteiger partial charge >= 0.3 is 0 Å². The summed E-state index contributed by atoms with van der Waals surface area (Å²) in [6.07, 6.45) is 0. The zero-order valence-electron chi connectivity index (χ0n) is 12.1. The van der Waals surface area contributed by atoms with Crippen LogP contribution in [-0.2, 0) is 9.59 Å². The van der Waals surface area contributed by atoms with Crippen LogP contribution in [0.2, 0.25) is 0 Å². The largest absolute Gasteiger partial charge is 0.484 e. The first-order chi connectivity index (χ1) is 9.97. The molecule has 0 aromatic heterocycles. The van der Waals surface area contributed by atoms with Crippen molar-refractivity contribution < 1.29 is 14.3 Å². The molecule has 7 heteroatoms. The summed E-state index contributed by atoms with van der Waals surface area (Å²) in [4.78, 5) is 25.0. The fraction of sp³-hybridized carbons (Fsp3) is 0.357. The number of amides is 2. The van der Waals surface area contributed by atoms with Gasteiger partial charge in [0.2, 0.25) is 5.91 Å². The topological polar surface area (TPSA) is 84.7 Å². The summed E-state index contributed by atoms with van der Waals surface area (Å²) >= 11 is 4.85. The molecule has 0 unspecified atom stereocenters. The summed E-state index contributed by atoms with van der Waals surface area (Å²) in [5, 5.41) is 2.48. The van der Waals surface area contributed by atoms with Crippen molar-refractivity contribution in [3.63, 3.8) is 0 Å². The van der Waals surface area contributed by atoms with Crippen molar-refractivity contribution in [1.29, 1.82) is 0 Å². The minimum absolute atomic E-state index is 0.0234. The molecule has 0 radical (unpaired) electrons. The van der Waals surface area contributed by atoms with Gasteiger partial charge in [-0.3, -0.25) is 9.59 Å². The number of thiocarbonyl (C=S) groups is 1. The van der Waals surface area contributed by atoms with E-state index in [1.165, 1.54) is 11.9 Å². The first-order valence-electron chi connectivity index (χ1n) is 6.49. The van der Waals surface area contributed by atoms with Crippen molar-refractivity contribution >= 4 is 29.0 Å². The standard InChI is InChI=1S/C14H19N3O3S/c1-3-17(8-12(18)16-2)13(19)9-20-11-6-4-10(5-7-11)14(15)21/h4-7H,3,8-9H2,1-2H3,(H2,15,21)(H,16,18). The highest BCUT2D eigenvalue weighted by molar-refractivity contribution is 7.80. The maximum Gasteiger partial charge on any atom is 0.260 e. The summed E-state index contributed by atoms with van der Waals surface area (Å²) in [5.74, 6) is 0.0740. The summed E-state index contributed by atoms with van der Waals surface area (Å²) in [5.41, 5.74) is 6.23. The highest BCUT2D eigenvalue weighted by Crippen LogP contribution is 2.12. The molecule has 2 amide bonds. The number of nitrogens with one attached hydrogen (secondary N) is 1. The molecule has 0 saturated heterocycles. The molecule has 0 aliphatic heterocycles. The molecular weight excluding hydrogens is 290 g/mol. The fourth-order valence-corrected chi connectivity index (χ4v) is 1.72. The third kappa shape index (κ3) is 5.39. The van der Waals surface area contributed by atoms with Crippen LogP contribution in [0.3, 0.4) is 0 Å². The van der Waals surface area contributed by atoms with Crippen LogP contribution in [0.4, 0.5) is 0 Å². The summed E-state index contributed by atoms with van der Waals surface area (Å²) in [6.45, 7) is 2.14. The molecule has 0 spiro atoms. The minimum Gasteiger partial charge on any atom is -0.484 e. The highest BCUT2D eigenvalue weighted by atomic mass is 32.1. The van der Waals surface area contributed by atoms with Gasteiger partial charge in [-0.05, 0) is 31.2 Å². The van der Waals surface area contributed by atoms with Gasteiger partial charge in [0.05, 0.1) is 6.54 Å². The van der Waals surface area contributed by atoms with Gasteiger partial charge in [-0.1, -0.05) is 12.2 Å². The summed E-state index contributed by atoms with van der Waals surface area (Å²) in [6, 6.07) is 6.84. The molecular formula is C14H19N3O3S. The van der Waals surface area contributed by atoms with Crippen molar-refractivity contribution in [2.45, 2.75) is 6.92 Å². The molecule has 1 aromatic carbocycles. The van der Waals surface area contributed by atoms with Crippen LogP contribution in [0.25, 0.3) is 0 Å². The predicted octanol–water partition coefficient (Wildman–Crippen LogP) is 0.294. The first-order valence-corrected chi connectivity index (χ1v) is 6.89. The Kier molecular flexibility index (Phi) is 6.61. The normalized spacial score (nSPS) is 9.81. The van der Waals surface area contributed by atoms with Crippen LogP contribution in [0.15, 0.2) is 24.3 Å². The average Bonchev–Trinajstić information content (AvgIpc) is 2.50. The van der Waals surface area contributed by atoms with Crippen molar-refractivity contribution in [2.75, 3.05) is 26.7 Å². The van der Waals surface area contributed by atoms with Gasteiger partial charge in [-0.15, -0.1) is 0 Å². The lowest BCUT2D eigenvalue weighted by molar-refractivity contribution is -0.137. The molecule has 0 aliphatic carbocycles. The van der Waals surface area contributed by atoms with E-state index < -0.39 is 0 Å². The molecule has 3 N–H and O–H groups in total. The van der Waals surface area contributed by atoms with Gasteiger partial charge in [0.1, 0.15) is 10.7 Å². The highest BCUT2D eigenvalue weighted by Gasteiger charge is 2.15. The number of hydrogen-bond acceptors (Lipinski definition) is 4. The number of hydrogen-bond donors (Lipinski definition) is 2. The number of rotatable bonds is 7. The van der Waals surface area contributed by atoms with Crippen molar-refractivity contribution in [3.8, 4) is 5.75 Å². The van der Waals surface area contributed by atoms with E-state index in [1.807, 2.05) is 0 Å². The van der Waals surface area contributed by atoms with Crippen LogP contribution in [0.5, 0.6) is 5.75 Å². The smallest absolute Gasteiger partial charge is 0.260 e. The lowest BCUT2D eigenvalue weighted by Crippen LogP contribution is -2.41. The molecule has 6 nitrogen and oxygen atoms in total. The Morgan fingerprint density at radius 1 is 1.33 bits per heavy atom. The molecule has 0 saturated carbocycles. The van der Waals surface area contributed by atoms with Crippen LogP contribution in [0, 0.1) is 0 Å². The van der Waals surface area contributed by atoms with E-state index in [1.54, 1.807) is 31.2 Å². The van der Waals surface area contributed by atoms with Crippen molar-refractivity contribution in [3.05, 3.63) is 29.8 Å². The molecule has 0 aliphatic rings. The SMILES string of the molecule is CCN(CC(=O)NC)C(=O)COc1ccc(C(N)=S)cc1. The van der Waals surface area contributed by atoms with Gasteiger partial charge in [-0.2, -0.15) is 0 Å². The Labute approximate surface area is 129 Å². The van der Waals surface area contributed by atoms with Gasteiger partial charge in [-0.25, -0.2) is 0 Å². The molecule has 114 valence electrons. The zero-order valence-corrected chi connectivity index (χ0v) is 12.9. The number of benzene rings is 1. The molecule has 1 rings (SSSR count). The number of carbonyl (C=O) groups is 2. The number of carbonyl (C=O) groups excluding carboxylic acids is 2. The lowest BCUT2D eigenvalue weighted by Gasteiger charge is -2.20. The third-order valence-electron chi connectivity index (χ3n) is 2.85. The van der Waals surface area contributed by atoms with Crippen molar-refractivity contribution in [2.24, 2.45) is 5.73 Å². The van der Waals surface area contributed by atoms with Crippen LogP contribution >= 0.6 is 12.2 Å². The Morgan fingerprint density at radius 2 is 1.95 bits per heavy atom. The van der Waals surface area contributed by atoms with Crippen LogP contribution in [-0.4, -0.2) is 48.4 Å². The average molecular weight is 309 g/mol. The Morgan fingerprint density at radius 3 is 2.43 bits per heavy atom. The maximum atomic E-state index is 12.0. The second kappa shape index (κ2) is 8.21. The first kappa shape index (κ1) is 16.9. The Balaban J connectivity index is 2.54. The van der Waals surface area contributed by atoms with E-state index >= 15 is 0 Å². The van der Waals surface area contributed by atoms with E-state index in [9.17, 15) is 9.59 Å². The second-order valence-electron chi connectivity index (χ2n) is 4.26. The third-order valence-corrected chi connectivity index (χ3v) is 3.08. The van der Waals surface area contributed by atoms with Gasteiger partial charge in [0, 0.05) is 19.2 Å². The molecule has 0 fully saturated rings. The quantitative estimate of drug-likeness (QED) is 0.707. The van der Waals surface area contributed by atoms with E-state index in [2.05, 4.69) is 5.32 Å². The van der Waals surface area contributed by atoms with E-state index in [4.69, 9.17) is 22.7 Å². The maximum absolute atomic E-state index is 12.0. The Bertz CT molecular complexity index is 517. The van der Waals surface area contributed by atoms with Crippen molar-refractivity contribution in [1.82, 2.24) is 10.2 Å². The zero-order chi connectivity index (χ0) is 15.8.